The first-order chi connectivity index (χ1) is 10.2. The van der Waals surface area contributed by atoms with E-state index in [0.29, 0.717) is 6.04 Å². The van der Waals surface area contributed by atoms with Gasteiger partial charge in [0.05, 0.1) is 0 Å². The highest BCUT2D eigenvalue weighted by atomic mass is 15.2. The fraction of sp³-hybridized carbons (Fsp3) is 1.00. The van der Waals surface area contributed by atoms with E-state index >= 15 is 0 Å². The molecule has 0 aromatic heterocycles. The van der Waals surface area contributed by atoms with E-state index in [-0.39, 0.29) is 0 Å². The fourth-order valence-corrected chi connectivity index (χ4v) is 3.85. The molecule has 0 aromatic rings. The van der Waals surface area contributed by atoms with Crippen LogP contribution in [-0.2, 0) is 0 Å². The molecule has 0 heterocycles. The molecule has 3 unspecified atom stereocenters. The molecule has 1 N–H and O–H groups in total. The average molecular weight is 298 g/mol. The maximum Gasteiger partial charge on any atom is 0.0251 e. The molecule has 0 aromatic carbocycles. The van der Waals surface area contributed by atoms with Crippen LogP contribution in [0.15, 0.2) is 0 Å². The molecule has 0 spiro atoms. The summed E-state index contributed by atoms with van der Waals surface area (Å²) in [4.78, 5) is 5.28. The van der Waals surface area contributed by atoms with Crippen LogP contribution >= 0.6 is 0 Å². The average Bonchev–Trinajstić information content (AvgIpc) is 2.50. The Morgan fingerprint density at radius 3 is 2.24 bits per heavy atom. The maximum atomic E-state index is 3.74. The first-order valence-corrected chi connectivity index (χ1v) is 9.35. The largest absolute Gasteiger partial charge is 0.313 e. The van der Waals surface area contributed by atoms with Crippen molar-refractivity contribution in [2.24, 2.45) is 5.92 Å². The normalized spacial score (nSPS) is 26.7. The molecule has 0 radical (unpaired) electrons. The van der Waals surface area contributed by atoms with Gasteiger partial charge in [-0.3, -0.25) is 4.90 Å². The molecule has 3 nitrogen and oxygen atoms in total. The number of hydrogen-bond donors (Lipinski definition) is 1. The first kappa shape index (κ1) is 18.9. The molecule has 0 bridgehead atoms. The third-order valence-electron chi connectivity index (χ3n) is 5.23. The van der Waals surface area contributed by atoms with Crippen LogP contribution in [0.4, 0.5) is 0 Å². The van der Waals surface area contributed by atoms with Crippen LogP contribution < -0.4 is 5.32 Å². The Bertz CT molecular complexity index is 253. The summed E-state index contributed by atoms with van der Waals surface area (Å²) in [6, 6.07) is 1.45. The molecular weight excluding hydrogens is 258 g/mol. The molecule has 1 rings (SSSR count). The SMILES string of the molecule is CCNC1CCC(C)CC1N(CC)CCCN(CC)CC. The second-order valence-corrected chi connectivity index (χ2v) is 6.66. The molecule has 1 aliphatic carbocycles. The van der Waals surface area contributed by atoms with E-state index in [9.17, 15) is 0 Å². The van der Waals surface area contributed by atoms with Gasteiger partial charge in [0, 0.05) is 12.1 Å². The van der Waals surface area contributed by atoms with Gasteiger partial charge in [-0.1, -0.05) is 34.6 Å². The summed E-state index contributed by atoms with van der Waals surface area (Å²) >= 11 is 0. The summed E-state index contributed by atoms with van der Waals surface area (Å²) in [6.07, 6.45) is 5.42. The smallest absolute Gasteiger partial charge is 0.0251 e. The Morgan fingerprint density at radius 2 is 1.67 bits per heavy atom. The van der Waals surface area contributed by atoms with Gasteiger partial charge in [0.15, 0.2) is 0 Å². The highest BCUT2D eigenvalue weighted by Gasteiger charge is 2.31. The molecule has 1 fully saturated rings. The van der Waals surface area contributed by atoms with Gasteiger partial charge in [-0.15, -0.1) is 0 Å². The van der Waals surface area contributed by atoms with Crippen molar-refractivity contribution in [2.75, 3.05) is 39.3 Å². The minimum absolute atomic E-state index is 0.708. The highest BCUT2D eigenvalue weighted by molar-refractivity contribution is 4.90. The van der Waals surface area contributed by atoms with Gasteiger partial charge in [0.1, 0.15) is 0 Å². The van der Waals surface area contributed by atoms with Gasteiger partial charge >= 0.3 is 0 Å². The van der Waals surface area contributed by atoms with Crippen molar-refractivity contribution in [1.29, 1.82) is 0 Å². The van der Waals surface area contributed by atoms with Gasteiger partial charge in [-0.2, -0.15) is 0 Å². The lowest BCUT2D eigenvalue weighted by Crippen LogP contribution is -2.53. The van der Waals surface area contributed by atoms with Crippen LogP contribution in [0, 0.1) is 5.92 Å². The van der Waals surface area contributed by atoms with Crippen LogP contribution in [0.1, 0.15) is 60.3 Å². The molecular formula is C18H39N3. The van der Waals surface area contributed by atoms with Gasteiger partial charge in [-0.05, 0) is 70.9 Å². The summed E-state index contributed by atoms with van der Waals surface area (Å²) in [5.41, 5.74) is 0. The van der Waals surface area contributed by atoms with E-state index in [1.165, 1.54) is 58.4 Å². The molecule has 0 amide bonds. The molecule has 3 atom stereocenters. The Balaban J connectivity index is 2.50. The zero-order chi connectivity index (χ0) is 15.7. The van der Waals surface area contributed by atoms with Gasteiger partial charge in [0.2, 0.25) is 0 Å². The highest BCUT2D eigenvalue weighted by Crippen LogP contribution is 2.28. The molecule has 1 aliphatic rings. The van der Waals surface area contributed by atoms with Crippen LogP contribution in [0.3, 0.4) is 0 Å². The summed E-state index contributed by atoms with van der Waals surface area (Å²) in [5.74, 6) is 0.890. The molecule has 0 saturated heterocycles. The summed E-state index contributed by atoms with van der Waals surface area (Å²) < 4.78 is 0. The van der Waals surface area contributed by atoms with E-state index in [1.807, 2.05) is 0 Å². The zero-order valence-corrected chi connectivity index (χ0v) is 15.2. The van der Waals surface area contributed by atoms with Crippen molar-refractivity contribution >= 4 is 0 Å². The summed E-state index contributed by atoms with van der Waals surface area (Å²) in [5, 5.41) is 3.74. The van der Waals surface area contributed by atoms with Gasteiger partial charge < -0.3 is 10.2 Å². The zero-order valence-electron chi connectivity index (χ0n) is 15.2. The third-order valence-corrected chi connectivity index (χ3v) is 5.23. The Morgan fingerprint density at radius 1 is 0.952 bits per heavy atom. The Hall–Kier alpha value is -0.120. The summed E-state index contributed by atoms with van der Waals surface area (Å²) in [6.45, 7) is 18.7. The quantitative estimate of drug-likeness (QED) is 0.668. The molecule has 3 heteroatoms. The second kappa shape index (κ2) is 10.6. The van der Waals surface area contributed by atoms with Crippen LogP contribution in [0.2, 0.25) is 0 Å². The third kappa shape index (κ3) is 6.25. The molecule has 0 aliphatic heterocycles. The molecule has 21 heavy (non-hydrogen) atoms. The van der Waals surface area contributed by atoms with E-state index < -0.39 is 0 Å². The van der Waals surface area contributed by atoms with Crippen molar-refractivity contribution in [1.82, 2.24) is 15.1 Å². The standard InChI is InChI=1S/C18H39N3/c1-6-19-17-12-11-16(5)15-18(17)21(9-4)14-10-13-20(7-2)8-3/h16-19H,6-15H2,1-5H3. The topological polar surface area (TPSA) is 18.5 Å². The lowest BCUT2D eigenvalue weighted by atomic mass is 9.82. The molecule has 126 valence electrons. The first-order valence-electron chi connectivity index (χ1n) is 9.35. The molecule has 1 saturated carbocycles. The van der Waals surface area contributed by atoms with Crippen LogP contribution in [0.5, 0.6) is 0 Å². The number of nitrogens with zero attached hydrogens (tertiary/aromatic N) is 2. The second-order valence-electron chi connectivity index (χ2n) is 6.66. The lowest BCUT2D eigenvalue weighted by molar-refractivity contribution is 0.101. The van der Waals surface area contributed by atoms with E-state index in [1.54, 1.807) is 0 Å². The van der Waals surface area contributed by atoms with Crippen molar-refractivity contribution in [3.05, 3.63) is 0 Å². The Kier molecular flexibility index (Phi) is 9.54. The van der Waals surface area contributed by atoms with Crippen molar-refractivity contribution in [3.8, 4) is 0 Å². The van der Waals surface area contributed by atoms with Crippen molar-refractivity contribution in [3.63, 3.8) is 0 Å². The van der Waals surface area contributed by atoms with Gasteiger partial charge in [0.25, 0.3) is 0 Å². The lowest BCUT2D eigenvalue weighted by Gasteiger charge is -2.42. The Labute approximate surface area is 133 Å². The van der Waals surface area contributed by atoms with Crippen LogP contribution in [0.25, 0.3) is 0 Å². The van der Waals surface area contributed by atoms with Crippen molar-refractivity contribution in [2.45, 2.75) is 72.4 Å². The minimum atomic E-state index is 0.708. The fourth-order valence-electron chi connectivity index (χ4n) is 3.85. The van der Waals surface area contributed by atoms with E-state index in [0.717, 1.165) is 18.5 Å². The minimum Gasteiger partial charge on any atom is -0.313 e. The number of rotatable bonds is 10. The van der Waals surface area contributed by atoms with E-state index in [4.69, 9.17) is 0 Å². The van der Waals surface area contributed by atoms with Gasteiger partial charge in [-0.25, -0.2) is 0 Å². The van der Waals surface area contributed by atoms with E-state index in [2.05, 4.69) is 49.7 Å². The predicted molar refractivity (Wildman–Crippen MR) is 93.9 cm³/mol. The van der Waals surface area contributed by atoms with Crippen LogP contribution in [-0.4, -0.2) is 61.2 Å². The maximum absolute atomic E-state index is 3.74. The van der Waals surface area contributed by atoms with Crippen molar-refractivity contribution < 1.29 is 0 Å². The summed E-state index contributed by atoms with van der Waals surface area (Å²) in [7, 11) is 0. The predicted octanol–water partition coefficient (Wildman–Crippen LogP) is 3.21. The monoisotopic (exact) mass is 297 g/mol. The number of hydrogen-bond acceptors (Lipinski definition) is 3. The number of likely N-dealkylation sites (N-methyl/N-ethyl adjacent to an activating group) is 2. The number of nitrogens with one attached hydrogen (secondary N) is 1.